The molecule has 2 fully saturated rings. The number of ether oxygens (including phenoxy) is 1. The Kier molecular flexibility index (Phi) is 6.54. The summed E-state index contributed by atoms with van der Waals surface area (Å²) in [5.41, 5.74) is 6.53. The molecule has 1 atom stereocenters. The van der Waals surface area contributed by atoms with Gasteiger partial charge < -0.3 is 20.7 Å². The summed E-state index contributed by atoms with van der Waals surface area (Å²) < 4.78 is 5.46. The molecule has 2 aliphatic heterocycles. The topological polar surface area (TPSA) is 110 Å². The van der Waals surface area contributed by atoms with Gasteiger partial charge in [-0.15, -0.1) is 0 Å². The molecule has 33 heavy (non-hydrogen) atoms. The number of nitrogens with two attached hydrogens (primary N) is 1. The van der Waals surface area contributed by atoms with Gasteiger partial charge in [0.1, 0.15) is 17.5 Å². The predicted octanol–water partition coefficient (Wildman–Crippen LogP) is 4.07. The van der Waals surface area contributed by atoms with Crippen molar-refractivity contribution in [3.8, 4) is 0 Å². The van der Waals surface area contributed by atoms with Gasteiger partial charge in [-0.25, -0.2) is 9.78 Å². The lowest BCUT2D eigenvalue weighted by molar-refractivity contribution is -0.113. The van der Waals surface area contributed by atoms with Crippen LogP contribution in [0.5, 0.6) is 0 Å². The smallest absolute Gasteiger partial charge is 0.338 e. The lowest BCUT2D eigenvalue weighted by Gasteiger charge is -2.24. The van der Waals surface area contributed by atoms with Crippen LogP contribution in [0, 0.1) is 0 Å². The number of nitrogen functional groups attached to an aromatic ring is 1. The van der Waals surface area contributed by atoms with E-state index in [0.29, 0.717) is 23.3 Å². The Bertz CT molecular complexity index is 1050. The Morgan fingerprint density at radius 1 is 1.15 bits per heavy atom. The van der Waals surface area contributed by atoms with Crippen LogP contribution >= 0.6 is 0 Å². The van der Waals surface area contributed by atoms with Crippen LogP contribution in [0.2, 0.25) is 0 Å². The molecule has 5 rings (SSSR count). The van der Waals surface area contributed by atoms with Gasteiger partial charge in [0.15, 0.2) is 0 Å². The predicted molar refractivity (Wildman–Crippen MR) is 129 cm³/mol. The Hall–Kier alpha value is -3.16. The number of rotatable bonds is 3. The summed E-state index contributed by atoms with van der Waals surface area (Å²) in [5.74, 6) is 0.903. The third kappa shape index (κ3) is 5.80. The number of benzene rings is 1. The second-order valence-electron chi connectivity index (χ2n) is 9.86. The first-order valence-corrected chi connectivity index (χ1v) is 11.7. The largest absolute Gasteiger partial charge is 0.456 e. The maximum absolute atomic E-state index is 12.4. The molecule has 176 valence electrons. The molecule has 3 N–H and O–H groups in total. The molecule has 1 saturated carbocycles. The van der Waals surface area contributed by atoms with Gasteiger partial charge in [-0.3, -0.25) is 4.79 Å². The quantitative estimate of drug-likeness (QED) is 0.411. The standard InChI is InChI=1S/C19H26N4O2.C6H7NO/c1-19(2,3)25-17(24)12-9-10-15-14(11-12)16(23-18(20)22-15)21-13-7-5-4-6-8-13;8-6-5-3-1-2-4-7(5)6/h9-11,13H,4-8H2,1-3H3,(H3,20,21,22,23);1-2,5H,3-4H2. The summed E-state index contributed by atoms with van der Waals surface area (Å²) in [4.78, 5) is 33.5. The number of carbonyl (C=O) groups excluding carboxylic acids is 2. The van der Waals surface area contributed by atoms with E-state index in [4.69, 9.17) is 10.5 Å². The highest BCUT2D eigenvalue weighted by Crippen LogP contribution is 2.28. The number of hydrogen-bond donors (Lipinski definition) is 2. The van der Waals surface area contributed by atoms with E-state index in [1.165, 1.54) is 19.3 Å². The van der Waals surface area contributed by atoms with E-state index in [1.807, 2.05) is 31.7 Å². The summed E-state index contributed by atoms with van der Waals surface area (Å²) in [6.45, 7) is 6.41. The molecule has 1 aliphatic carbocycles. The number of nitrogens with one attached hydrogen (secondary N) is 1. The molecular formula is C25H33N5O3. The summed E-state index contributed by atoms with van der Waals surface area (Å²) in [5, 5.41) is 4.29. The number of nitrogens with zero attached hydrogens (tertiary/aromatic N) is 3. The van der Waals surface area contributed by atoms with Crippen LogP contribution in [0.1, 0.15) is 69.7 Å². The maximum Gasteiger partial charge on any atom is 0.338 e. The van der Waals surface area contributed by atoms with Gasteiger partial charge >= 0.3 is 5.97 Å². The minimum atomic E-state index is -0.535. The zero-order chi connectivity index (χ0) is 23.6. The summed E-state index contributed by atoms with van der Waals surface area (Å²) in [7, 11) is 0. The molecule has 0 bridgehead atoms. The van der Waals surface area contributed by atoms with E-state index >= 15 is 0 Å². The summed E-state index contributed by atoms with van der Waals surface area (Å²) >= 11 is 0. The molecule has 0 spiro atoms. The summed E-state index contributed by atoms with van der Waals surface area (Å²) in [6.07, 6.45) is 11.0. The van der Waals surface area contributed by atoms with E-state index in [9.17, 15) is 9.59 Å². The zero-order valence-corrected chi connectivity index (χ0v) is 19.6. The second-order valence-corrected chi connectivity index (χ2v) is 9.86. The maximum atomic E-state index is 12.4. The third-order valence-electron chi connectivity index (χ3n) is 6.00. The van der Waals surface area contributed by atoms with Crippen LogP contribution in [0.15, 0.2) is 30.4 Å². The lowest BCUT2D eigenvalue weighted by Crippen LogP contribution is -2.24. The van der Waals surface area contributed by atoms with E-state index in [-0.39, 0.29) is 18.0 Å². The molecule has 1 aromatic carbocycles. The normalized spacial score (nSPS) is 20.0. The summed E-state index contributed by atoms with van der Waals surface area (Å²) in [6, 6.07) is 5.95. The number of aromatic nitrogens is 2. The molecule has 0 radical (unpaired) electrons. The molecule has 1 unspecified atom stereocenters. The van der Waals surface area contributed by atoms with E-state index in [0.717, 1.165) is 36.7 Å². The zero-order valence-electron chi connectivity index (χ0n) is 19.6. The number of carbonyl (C=O) groups is 2. The van der Waals surface area contributed by atoms with Crippen molar-refractivity contribution in [3.63, 3.8) is 0 Å². The third-order valence-corrected chi connectivity index (χ3v) is 6.00. The molecule has 2 aromatic rings. The van der Waals surface area contributed by atoms with Crippen LogP contribution in [-0.4, -0.2) is 51.0 Å². The van der Waals surface area contributed by atoms with Crippen molar-refractivity contribution in [1.29, 1.82) is 0 Å². The van der Waals surface area contributed by atoms with Gasteiger partial charge in [0.2, 0.25) is 11.9 Å². The fourth-order valence-electron chi connectivity index (χ4n) is 4.28. The van der Waals surface area contributed by atoms with Crippen LogP contribution in [0.4, 0.5) is 11.8 Å². The Labute approximate surface area is 194 Å². The van der Waals surface area contributed by atoms with Gasteiger partial charge in [0, 0.05) is 18.0 Å². The van der Waals surface area contributed by atoms with Crippen molar-refractivity contribution in [2.24, 2.45) is 0 Å². The van der Waals surface area contributed by atoms with Crippen LogP contribution in [0.25, 0.3) is 10.9 Å². The minimum Gasteiger partial charge on any atom is -0.456 e. The van der Waals surface area contributed by atoms with Crippen molar-refractivity contribution >= 4 is 34.5 Å². The molecule has 8 nitrogen and oxygen atoms in total. The van der Waals surface area contributed by atoms with Crippen molar-refractivity contribution in [3.05, 3.63) is 35.9 Å². The van der Waals surface area contributed by atoms with E-state index in [2.05, 4.69) is 21.4 Å². The monoisotopic (exact) mass is 451 g/mol. The molecule has 8 heteroatoms. The van der Waals surface area contributed by atoms with Gasteiger partial charge in [-0.1, -0.05) is 31.4 Å². The molecular weight excluding hydrogens is 418 g/mol. The van der Waals surface area contributed by atoms with Gasteiger partial charge in [-0.2, -0.15) is 4.98 Å². The number of esters is 1. The van der Waals surface area contributed by atoms with E-state index in [1.54, 1.807) is 18.2 Å². The number of fused-ring (bicyclic) bond motifs is 2. The Morgan fingerprint density at radius 2 is 1.91 bits per heavy atom. The SMILES string of the molecule is CC(C)(C)OC(=O)c1ccc2nc(N)nc(NC3CCCCC3)c2c1.O=C1C2CC=CCN12. The average Bonchev–Trinajstić information content (AvgIpc) is 3.43. The number of anilines is 2. The average molecular weight is 452 g/mol. The van der Waals surface area contributed by atoms with Crippen LogP contribution in [0.3, 0.4) is 0 Å². The van der Waals surface area contributed by atoms with Crippen molar-refractivity contribution < 1.29 is 14.3 Å². The highest BCUT2D eigenvalue weighted by Gasteiger charge is 2.44. The number of amides is 1. The van der Waals surface area contributed by atoms with Crippen LogP contribution in [-0.2, 0) is 9.53 Å². The highest BCUT2D eigenvalue weighted by molar-refractivity contribution is 5.98. The first kappa shape index (κ1) is 23.0. The first-order valence-electron chi connectivity index (χ1n) is 11.7. The van der Waals surface area contributed by atoms with Crippen molar-refractivity contribution in [1.82, 2.24) is 14.9 Å². The Morgan fingerprint density at radius 3 is 2.55 bits per heavy atom. The molecule has 1 saturated heterocycles. The van der Waals surface area contributed by atoms with Crippen LogP contribution < -0.4 is 11.1 Å². The van der Waals surface area contributed by atoms with Gasteiger partial charge in [-0.05, 0) is 58.2 Å². The number of hydrogen-bond acceptors (Lipinski definition) is 7. The Balaban J connectivity index is 0.000000269. The molecule has 3 heterocycles. The van der Waals surface area contributed by atoms with Crippen molar-refractivity contribution in [2.45, 2.75) is 77.0 Å². The molecule has 1 amide bonds. The molecule has 3 aliphatic rings. The fourth-order valence-corrected chi connectivity index (χ4v) is 4.28. The van der Waals surface area contributed by atoms with Gasteiger partial charge in [0.05, 0.1) is 11.1 Å². The minimum absolute atomic E-state index is 0.232. The first-order chi connectivity index (χ1) is 15.7. The van der Waals surface area contributed by atoms with Crippen molar-refractivity contribution in [2.75, 3.05) is 17.6 Å². The fraction of sp³-hybridized carbons (Fsp3) is 0.520. The lowest BCUT2D eigenvalue weighted by atomic mass is 9.95. The highest BCUT2D eigenvalue weighted by atomic mass is 16.6. The van der Waals surface area contributed by atoms with Gasteiger partial charge in [0.25, 0.3) is 0 Å². The van der Waals surface area contributed by atoms with E-state index < -0.39 is 5.60 Å². The second kappa shape index (κ2) is 9.37. The molecule has 1 aromatic heterocycles.